The number of thioether (sulfide) groups is 1. The minimum Gasteiger partial charge on any atom is -0.258 e. The largest absolute Gasteiger partial charge is 0.269 e. The number of nitro groups is 1. The molecule has 0 saturated heterocycles. The lowest BCUT2D eigenvalue weighted by atomic mass is 10.0. The molecule has 0 aliphatic carbocycles. The van der Waals surface area contributed by atoms with E-state index in [1.807, 2.05) is 12.1 Å². The summed E-state index contributed by atoms with van der Waals surface area (Å²) >= 11 is 1.48. The summed E-state index contributed by atoms with van der Waals surface area (Å²) in [5, 5.41) is 23.3. The van der Waals surface area contributed by atoms with Crippen molar-refractivity contribution in [2.45, 2.75) is 30.7 Å². The summed E-state index contributed by atoms with van der Waals surface area (Å²) in [4.78, 5) is 10.3. The molecule has 8 heteroatoms. The maximum absolute atomic E-state index is 10.7. The van der Waals surface area contributed by atoms with Crippen LogP contribution in [0, 0.1) is 10.1 Å². The molecule has 3 aromatic rings. The fourth-order valence-corrected chi connectivity index (χ4v) is 3.14. The van der Waals surface area contributed by atoms with Gasteiger partial charge in [-0.25, -0.2) is 0 Å². The van der Waals surface area contributed by atoms with Gasteiger partial charge in [0.15, 0.2) is 0 Å². The van der Waals surface area contributed by atoms with E-state index in [0.29, 0.717) is 16.8 Å². The number of rotatable bonds is 6. The Morgan fingerprint density at radius 1 is 1.12 bits per heavy atom. The molecule has 0 aliphatic rings. The Hall–Kier alpha value is -2.74. The predicted octanol–water partition coefficient (Wildman–Crippen LogP) is 3.99. The normalized spacial score (nSPS) is 11.0. The second kappa shape index (κ2) is 7.43. The highest BCUT2D eigenvalue weighted by Crippen LogP contribution is 2.24. The van der Waals surface area contributed by atoms with Gasteiger partial charge in [0.1, 0.15) is 0 Å². The van der Waals surface area contributed by atoms with E-state index in [1.165, 1.54) is 29.5 Å². The van der Waals surface area contributed by atoms with Gasteiger partial charge < -0.3 is 0 Å². The molecule has 2 aromatic carbocycles. The SMILES string of the molecule is CC(C)c1ccc(-n2nnnc2SCc2ccc([N+](=O)[O-])cc2)cc1. The van der Waals surface area contributed by atoms with Crippen LogP contribution in [0.4, 0.5) is 5.69 Å². The summed E-state index contributed by atoms with van der Waals surface area (Å²) in [6.07, 6.45) is 0. The third-order valence-electron chi connectivity index (χ3n) is 3.76. The van der Waals surface area contributed by atoms with Crippen LogP contribution < -0.4 is 0 Å². The highest BCUT2D eigenvalue weighted by molar-refractivity contribution is 7.98. The van der Waals surface area contributed by atoms with Crippen molar-refractivity contribution < 1.29 is 4.92 Å². The van der Waals surface area contributed by atoms with Crippen LogP contribution in [0.5, 0.6) is 0 Å². The van der Waals surface area contributed by atoms with Gasteiger partial charge in [-0.1, -0.05) is 49.9 Å². The molecule has 0 amide bonds. The van der Waals surface area contributed by atoms with Crippen LogP contribution in [0.3, 0.4) is 0 Å². The van der Waals surface area contributed by atoms with Crippen LogP contribution in [0.2, 0.25) is 0 Å². The number of hydrogen-bond acceptors (Lipinski definition) is 6. The van der Waals surface area contributed by atoms with Crippen molar-refractivity contribution in [3.05, 3.63) is 69.8 Å². The summed E-state index contributed by atoms with van der Waals surface area (Å²) in [5.74, 6) is 1.10. The molecule has 0 spiro atoms. The van der Waals surface area contributed by atoms with E-state index in [1.54, 1.807) is 16.8 Å². The fraction of sp³-hybridized carbons (Fsp3) is 0.235. The van der Waals surface area contributed by atoms with Crippen molar-refractivity contribution in [2.24, 2.45) is 0 Å². The first-order valence-corrected chi connectivity index (χ1v) is 8.78. The highest BCUT2D eigenvalue weighted by Gasteiger charge is 2.11. The number of non-ortho nitro benzene ring substituents is 1. The smallest absolute Gasteiger partial charge is 0.258 e. The molecule has 128 valence electrons. The van der Waals surface area contributed by atoms with Crippen molar-refractivity contribution in [3.63, 3.8) is 0 Å². The van der Waals surface area contributed by atoms with Crippen LogP contribution in [-0.2, 0) is 5.75 Å². The standard InChI is InChI=1S/C17H17N5O2S/c1-12(2)14-5-9-15(10-6-14)21-17(18-19-20-21)25-11-13-3-7-16(8-4-13)22(23)24/h3-10,12H,11H2,1-2H3. The Morgan fingerprint density at radius 3 is 2.40 bits per heavy atom. The molecule has 0 aliphatic heterocycles. The van der Waals surface area contributed by atoms with E-state index in [2.05, 4.69) is 41.5 Å². The number of benzene rings is 2. The molecule has 0 atom stereocenters. The van der Waals surface area contributed by atoms with Gasteiger partial charge in [-0.05, 0) is 39.6 Å². The van der Waals surface area contributed by atoms with E-state index in [9.17, 15) is 10.1 Å². The van der Waals surface area contributed by atoms with Gasteiger partial charge in [0.05, 0.1) is 10.6 Å². The van der Waals surface area contributed by atoms with Gasteiger partial charge in [0.25, 0.3) is 5.69 Å². The zero-order valence-corrected chi connectivity index (χ0v) is 14.7. The Balaban J connectivity index is 1.72. The van der Waals surface area contributed by atoms with Gasteiger partial charge in [0.2, 0.25) is 5.16 Å². The Labute approximate surface area is 149 Å². The van der Waals surface area contributed by atoms with Crippen molar-refractivity contribution >= 4 is 17.4 Å². The topological polar surface area (TPSA) is 86.7 Å². The van der Waals surface area contributed by atoms with Gasteiger partial charge >= 0.3 is 0 Å². The first-order valence-electron chi connectivity index (χ1n) is 7.79. The number of hydrogen-bond donors (Lipinski definition) is 0. The summed E-state index contributed by atoms with van der Waals surface area (Å²) < 4.78 is 1.69. The number of aromatic nitrogens is 4. The second-order valence-corrected chi connectivity index (χ2v) is 6.77. The van der Waals surface area contributed by atoms with Crippen molar-refractivity contribution in [1.82, 2.24) is 20.2 Å². The molecule has 3 rings (SSSR count). The van der Waals surface area contributed by atoms with Gasteiger partial charge in [0, 0.05) is 17.9 Å². The van der Waals surface area contributed by atoms with E-state index in [-0.39, 0.29) is 5.69 Å². The third kappa shape index (κ3) is 4.03. The molecule has 0 N–H and O–H groups in total. The minimum atomic E-state index is -0.404. The molecule has 0 fully saturated rings. The number of tetrazole rings is 1. The zero-order chi connectivity index (χ0) is 17.8. The van der Waals surface area contributed by atoms with E-state index in [4.69, 9.17) is 0 Å². The van der Waals surface area contributed by atoms with E-state index >= 15 is 0 Å². The van der Waals surface area contributed by atoms with Crippen molar-refractivity contribution in [3.8, 4) is 5.69 Å². The molecule has 0 saturated carbocycles. The molecular formula is C17H17N5O2S. The van der Waals surface area contributed by atoms with E-state index in [0.717, 1.165) is 11.3 Å². The highest BCUT2D eigenvalue weighted by atomic mass is 32.2. The van der Waals surface area contributed by atoms with Crippen molar-refractivity contribution in [1.29, 1.82) is 0 Å². The van der Waals surface area contributed by atoms with Gasteiger partial charge in [-0.2, -0.15) is 4.68 Å². The molecule has 7 nitrogen and oxygen atoms in total. The zero-order valence-electron chi connectivity index (χ0n) is 13.9. The molecule has 0 radical (unpaired) electrons. The second-order valence-electron chi connectivity index (χ2n) is 5.83. The maximum Gasteiger partial charge on any atom is 0.269 e. The van der Waals surface area contributed by atoms with E-state index < -0.39 is 4.92 Å². The van der Waals surface area contributed by atoms with Crippen LogP contribution in [0.15, 0.2) is 53.7 Å². The van der Waals surface area contributed by atoms with Gasteiger partial charge in [-0.15, -0.1) is 5.10 Å². The monoisotopic (exact) mass is 355 g/mol. The Bertz CT molecular complexity index is 860. The first kappa shape index (κ1) is 17.1. The Kier molecular flexibility index (Phi) is 5.08. The maximum atomic E-state index is 10.7. The summed E-state index contributed by atoms with van der Waals surface area (Å²) in [5.41, 5.74) is 3.22. The quantitative estimate of drug-likeness (QED) is 0.377. The van der Waals surface area contributed by atoms with Crippen molar-refractivity contribution in [2.75, 3.05) is 0 Å². The summed E-state index contributed by atoms with van der Waals surface area (Å²) in [6.45, 7) is 4.30. The lowest BCUT2D eigenvalue weighted by molar-refractivity contribution is -0.384. The molecule has 1 aromatic heterocycles. The van der Waals surface area contributed by atoms with Crippen LogP contribution >= 0.6 is 11.8 Å². The molecular weight excluding hydrogens is 338 g/mol. The average Bonchev–Trinajstić information content (AvgIpc) is 3.09. The molecule has 1 heterocycles. The summed E-state index contributed by atoms with van der Waals surface area (Å²) in [6, 6.07) is 14.7. The molecule has 0 bridgehead atoms. The fourth-order valence-electron chi connectivity index (χ4n) is 2.29. The van der Waals surface area contributed by atoms with Gasteiger partial charge in [-0.3, -0.25) is 10.1 Å². The Morgan fingerprint density at radius 2 is 1.80 bits per heavy atom. The molecule has 25 heavy (non-hydrogen) atoms. The summed E-state index contributed by atoms with van der Waals surface area (Å²) in [7, 11) is 0. The van der Waals surface area contributed by atoms with Crippen LogP contribution in [-0.4, -0.2) is 25.1 Å². The van der Waals surface area contributed by atoms with Crippen LogP contribution in [0.1, 0.15) is 30.9 Å². The molecule has 0 unspecified atom stereocenters. The number of nitro benzene ring substituents is 1. The third-order valence-corrected chi connectivity index (χ3v) is 4.75. The van der Waals surface area contributed by atoms with Crippen LogP contribution in [0.25, 0.3) is 5.69 Å². The number of nitrogens with zero attached hydrogens (tertiary/aromatic N) is 5. The predicted molar refractivity (Wildman–Crippen MR) is 95.9 cm³/mol. The lowest BCUT2D eigenvalue weighted by Crippen LogP contribution is -2.00. The average molecular weight is 355 g/mol. The minimum absolute atomic E-state index is 0.0869. The lowest BCUT2D eigenvalue weighted by Gasteiger charge is -2.08. The first-order chi connectivity index (χ1) is 12.0.